The Morgan fingerprint density at radius 3 is 2.39 bits per heavy atom. The molecule has 7 nitrogen and oxygen atoms in total. The molecule has 1 heterocycles. The summed E-state index contributed by atoms with van der Waals surface area (Å²) >= 11 is 0. The Kier molecular flexibility index (Phi) is 7.07. The topological polar surface area (TPSA) is 101 Å². The summed E-state index contributed by atoms with van der Waals surface area (Å²) < 4.78 is 62.8. The predicted molar refractivity (Wildman–Crippen MR) is 109 cm³/mol. The van der Waals surface area contributed by atoms with Gasteiger partial charge in [0.1, 0.15) is 6.54 Å². The zero-order chi connectivity index (χ0) is 21.2. The largest absolute Gasteiger partial charge is 0.296 e. The monoisotopic (exact) mass is 432 g/mol. The lowest BCUT2D eigenvalue weighted by Gasteiger charge is -2.15. The van der Waals surface area contributed by atoms with E-state index in [1.165, 1.54) is 0 Å². The van der Waals surface area contributed by atoms with Crippen molar-refractivity contribution < 1.29 is 30.1 Å². The average Bonchev–Trinajstić information content (AvgIpc) is 2.78. The molecule has 0 spiro atoms. The van der Waals surface area contributed by atoms with Crippen molar-refractivity contribution in [2.24, 2.45) is 0 Å². The number of hydrogen-bond acceptors (Lipinski definition) is 5. The highest BCUT2D eigenvalue weighted by Gasteiger charge is 2.43. The Morgan fingerprint density at radius 1 is 1.11 bits per heavy atom. The molecule has 1 aliphatic rings. The minimum Gasteiger partial charge on any atom is -0.286 e. The molecule has 1 N–H and O–H groups in total. The summed E-state index contributed by atoms with van der Waals surface area (Å²) in [6.45, 7) is 8.80. The molecule has 0 saturated heterocycles. The fourth-order valence-corrected chi connectivity index (χ4v) is 4.88. The molecule has 0 radical (unpaired) electrons. The van der Waals surface area contributed by atoms with Gasteiger partial charge in [-0.05, 0) is 38.8 Å². The Labute approximate surface area is 168 Å². The Hall–Kier alpha value is -1.29. The summed E-state index contributed by atoms with van der Waals surface area (Å²) in [5.41, 5.74) is 2.53. The summed E-state index contributed by atoms with van der Waals surface area (Å²) in [7, 11) is -7.75. The van der Waals surface area contributed by atoms with Crippen LogP contribution >= 0.6 is 0 Å². The summed E-state index contributed by atoms with van der Waals surface area (Å²) in [6.07, 6.45) is 2.48. The van der Waals surface area contributed by atoms with Crippen LogP contribution in [0.25, 0.3) is 0 Å². The van der Waals surface area contributed by atoms with Gasteiger partial charge >= 0.3 is 0 Å². The highest BCUT2D eigenvalue weighted by Crippen LogP contribution is 2.40. The standard InChI is InChI=1S/C19H29NO6S2/c1-5-6-12-26-28(24,25)16-9-10-18-17(14-16)19(3,4)15(2)20(18)11-7-8-13-27(21,22)23/h9-10,14H,5-8,11-13H2,1-4H3/p+1. The van der Waals surface area contributed by atoms with Crippen LogP contribution in [0, 0.1) is 0 Å². The van der Waals surface area contributed by atoms with Crippen molar-refractivity contribution in [2.45, 2.75) is 63.7 Å². The van der Waals surface area contributed by atoms with Crippen LogP contribution in [0.3, 0.4) is 0 Å². The molecule has 0 aromatic heterocycles. The number of unbranched alkanes of at least 4 members (excludes halogenated alkanes) is 2. The summed E-state index contributed by atoms with van der Waals surface area (Å²) in [4.78, 5) is 0.149. The first-order chi connectivity index (χ1) is 12.9. The molecule has 0 unspecified atom stereocenters. The number of hydrogen-bond donors (Lipinski definition) is 1. The van der Waals surface area contributed by atoms with E-state index in [0.29, 0.717) is 25.8 Å². The molecule has 0 aliphatic carbocycles. The maximum absolute atomic E-state index is 12.5. The molecule has 158 valence electrons. The van der Waals surface area contributed by atoms with Crippen molar-refractivity contribution in [1.82, 2.24) is 0 Å². The van der Waals surface area contributed by atoms with Crippen LogP contribution < -0.4 is 0 Å². The summed E-state index contributed by atoms with van der Waals surface area (Å²) in [5, 5.41) is 0. The van der Waals surface area contributed by atoms with Gasteiger partial charge in [0, 0.05) is 25.0 Å². The Morgan fingerprint density at radius 2 is 1.79 bits per heavy atom. The lowest BCUT2D eigenvalue weighted by Crippen LogP contribution is -2.27. The molecule has 0 saturated carbocycles. The quantitative estimate of drug-likeness (QED) is 0.264. The van der Waals surface area contributed by atoms with Crippen LogP contribution in [-0.4, -0.2) is 50.6 Å². The van der Waals surface area contributed by atoms with Gasteiger partial charge in [0.05, 0.1) is 22.7 Å². The number of fused-ring (bicyclic) bond motifs is 1. The summed E-state index contributed by atoms with van der Waals surface area (Å²) in [5.74, 6) is -0.261. The van der Waals surface area contributed by atoms with Crippen LogP contribution in [0.5, 0.6) is 0 Å². The first kappa shape index (κ1) is 23.0. The molecule has 1 aliphatic heterocycles. The molecule has 2 rings (SSSR count). The van der Waals surface area contributed by atoms with Crippen LogP contribution in [0.4, 0.5) is 5.69 Å². The van der Waals surface area contributed by atoms with E-state index < -0.39 is 20.2 Å². The van der Waals surface area contributed by atoms with Crippen LogP contribution in [0.15, 0.2) is 23.1 Å². The van der Waals surface area contributed by atoms with Crippen molar-refractivity contribution in [3.63, 3.8) is 0 Å². The normalized spacial score (nSPS) is 16.5. The fourth-order valence-electron chi connectivity index (χ4n) is 3.34. The SMILES string of the molecule is CCCCOS(=O)(=O)c1ccc2c(c1)C(C)(C)C(C)=[N+]2CCCCS(=O)(=O)O. The maximum Gasteiger partial charge on any atom is 0.296 e. The van der Waals surface area contributed by atoms with E-state index in [-0.39, 0.29) is 22.7 Å². The van der Waals surface area contributed by atoms with E-state index >= 15 is 0 Å². The second-order valence-electron chi connectivity index (χ2n) is 7.66. The van der Waals surface area contributed by atoms with Gasteiger partial charge in [-0.3, -0.25) is 8.74 Å². The third kappa shape index (κ3) is 5.20. The van der Waals surface area contributed by atoms with Gasteiger partial charge in [-0.1, -0.05) is 13.3 Å². The first-order valence-electron chi connectivity index (χ1n) is 9.51. The number of benzene rings is 1. The smallest absolute Gasteiger partial charge is 0.286 e. The van der Waals surface area contributed by atoms with Gasteiger partial charge in [-0.25, -0.2) is 0 Å². The third-order valence-electron chi connectivity index (χ3n) is 5.30. The van der Waals surface area contributed by atoms with E-state index in [1.807, 2.05) is 27.7 Å². The van der Waals surface area contributed by atoms with Crippen molar-refractivity contribution in [2.75, 3.05) is 18.9 Å². The van der Waals surface area contributed by atoms with Crippen molar-refractivity contribution in [1.29, 1.82) is 0 Å². The van der Waals surface area contributed by atoms with Crippen LogP contribution in [0.1, 0.15) is 58.9 Å². The van der Waals surface area contributed by atoms with E-state index in [4.69, 9.17) is 8.74 Å². The number of nitrogens with zero attached hydrogens (tertiary/aromatic N) is 1. The van der Waals surface area contributed by atoms with Crippen LogP contribution in [-0.2, 0) is 29.8 Å². The lowest BCUT2D eigenvalue weighted by atomic mass is 9.82. The molecule has 9 heteroatoms. The van der Waals surface area contributed by atoms with Crippen molar-refractivity contribution in [3.05, 3.63) is 23.8 Å². The second kappa shape index (κ2) is 8.61. The number of rotatable bonds is 10. The molecule has 0 bridgehead atoms. The molecule has 1 aromatic rings. The predicted octanol–water partition coefficient (Wildman–Crippen LogP) is 3.26. The van der Waals surface area contributed by atoms with Gasteiger partial charge in [-0.2, -0.15) is 21.4 Å². The van der Waals surface area contributed by atoms with E-state index in [2.05, 4.69) is 4.58 Å². The minimum absolute atomic E-state index is 0.149. The highest BCUT2D eigenvalue weighted by molar-refractivity contribution is 7.86. The molecular formula is C19H30NO6S2+. The first-order valence-corrected chi connectivity index (χ1v) is 12.5. The van der Waals surface area contributed by atoms with Gasteiger partial charge in [0.2, 0.25) is 5.69 Å². The molecule has 28 heavy (non-hydrogen) atoms. The molecule has 0 amide bonds. The average molecular weight is 433 g/mol. The Bertz CT molecular complexity index is 962. The van der Waals surface area contributed by atoms with E-state index in [9.17, 15) is 16.8 Å². The van der Waals surface area contributed by atoms with Gasteiger partial charge < -0.3 is 0 Å². The Balaban J connectivity index is 2.25. The van der Waals surface area contributed by atoms with E-state index in [0.717, 1.165) is 23.4 Å². The van der Waals surface area contributed by atoms with Crippen molar-refractivity contribution >= 4 is 31.6 Å². The van der Waals surface area contributed by atoms with Gasteiger partial charge in [0.25, 0.3) is 20.2 Å². The molecule has 0 fully saturated rings. The third-order valence-corrected chi connectivity index (χ3v) is 7.41. The lowest BCUT2D eigenvalue weighted by molar-refractivity contribution is -0.439. The molecule has 1 aromatic carbocycles. The van der Waals surface area contributed by atoms with E-state index in [1.54, 1.807) is 18.2 Å². The van der Waals surface area contributed by atoms with Crippen molar-refractivity contribution in [3.8, 4) is 0 Å². The zero-order valence-corrected chi connectivity index (χ0v) is 18.6. The second-order valence-corrected chi connectivity index (χ2v) is 10.9. The molecule has 0 atom stereocenters. The maximum atomic E-state index is 12.5. The van der Waals surface area contributed by atoms with Gasteiger partial charge in [0.15, 0.2) is 5.71 Å². The molecular weight excluding hydrogens is 402 g/mol. The zero-order valence-electron chi connectivity index (χ0n) is 16.9. The van der Waals surface area contributed by atoms with Gasteiger partial charge in [-0.15, -0.1) is 0 Å². The van der Waals surface area contributed by atoms with Crippen LogP contribution in [0.2, 0.25) is 0 Å². The highest BCUT2D eigenvalue weighted by atomic mass is 32.2. The fraction of sp³-hybridized carbons (Fsp3) is 0.632. The summed E-state index contributed by atoms with van der Waals surface area (Å²) in [6, 6.07) is 5.02. The minimum atomic E-state index is -3.95.